The molecule has 4 rings (SSSR count). The number of nitrogens with zero attached hydrogens (tertiary/aromatic N) is 1. The van der Waals surface area contributed by atoms with Crippen molar-refractivity contribution in [2.24, 2.45) is 0 Å². The topological polar surface area (TPSA) is 76.1 Å². The number of hydrogen-bond acceptors (Lipinski definition) is 5. The second-order valence-corrected chi connectivity index (χ2v) is 8.78. The number of carbonyl (C=O) groups is 2. The van der Waals surface area contributed by atoms with Crippen molar-refractivity contribution in [2.45, 2.75) is 40.2 Å². The predicted octanol–water partition coefficient (Wildman–Crippen LogP) is 6.12. The lowest BCUT2D eigenvalue weighted by Gasteiger charge is -2.26. The number of ketones is 1. The molecular formula is C30H31NO5. The fraction of sp³-hybridized carbons (Fsp3) is 0.267. The van der Waals surface area contributed by atoms with Crippen LogP contribution in [-0.4, -0.2) is 30.0 Å². The van der Waals surface area contributed by atoms with Crippen LogP contribution >= 0.6 is 0 Å². The zero-order valence-corrected chi connectivity index (χ0v) is 21.1. The van der Waals surface area contributed by atoms with Crippen LogP contribution in [0.25, 0.3) is 5.76 Å². The first-order valence-electron chi connectivity index (χ1n) is 12.2. The van der Waals surface area contributed by atoms with Gasteiger partial charge in [0.05, 0.1) is 24.8 Å². The summed E-state index contributed by atoms with van der Waals surface area (Å²) in [5.41, 5.74) is 3.58. The predicted molar refractivity (Wildman–Crippen MR) is 141 cm³/mol. The summed E-state index contributed by atoms with van der Waals surface area (Å²) in [6.07, 6.45) is 0.882. The van der Waals surface area contributed by atoms with Crippen LogP contribution in [0.1, 0.15) is 48.6 Å². The third-order valence-electron chi connectivity index (χ3n) is 6.26. The molecule has 1 aliphatic heterocycles. The molecule has 1 aliphatic rings. The van der Waals surface area contributed by atoms with Gasteiger partial charge in [0.2, 0.25) is 0 Å². The van der Waals surface area contributed by atoms with E-state index in [0.717, 1.165) is 28.9 Å². The molecule has 36 heavy (non-hydrogen) atoms. The largest absolute Gasteiger partial charge is 0.507 e. The Bertz CT molecular complexity index is 1310. The van der Waals surface area contributed by atoms with Crippen molar-refractivity contribution in [2.75, 3.05) is 18.1 Å². The molecule has 0 spiro atoms. The molecule has 0 bridgehead atoms. The SMILES string of the molecule is CCCOc1ccc(/C(O)=C2\C(=O)C(=O)N(c3ccc(OCC)cc3)C2c2ccccc2C)cc1C. The summed E-state index contributed by atoms with van der Waals surface area (Å²) < 4.78 is 11.3. The normalized spacial score (nSPS) is 16.9. The first-order chi connectivity index (χ1) is 17.4. The average molecular weight is 486 g/mol. The Hall–Kier alpha value is -4.06. The van der Waals surface area contributed by atoms with Gasteiger partial charge in [0.1, 0.15) is 17.3 Å². The molecule has 0 aliphatic carbocycles. The van der Waals surface area contributed by atoms with E-state index in [0.29, 0.717) is 30.2 Å². The lowest BCUT2D eigenvalue weighted by molar-refractivity contribution is -0.132. The smallest absolute Gasteiger partial charge is 0.300 e. The molecule has 1 amide bonds. The highest BCUT2D eigenvalue weighted by atomic mass is 16.5. The Labute approximate surface area is 211 Å². The van der Waals surface area contributed by atoms with Gasteiger partial charge >= 0.3 is 0 Å². The van der Waals surface area contributed by atoms with Crippen LogP contribution in [0.5, 0.6) is 11.5 Å². The maximum Gasteiger partial charge on any atom is 0.300 e. The number of Topliss-reactive ketones (excluding diaryl/α,β-unsaturated/α-hetero) is 1. The molecule has 0 saturated carbocycles. The second-order valence-electron chi connectivity index (χ2n) is 8.78. The van der Waals surface area contributed by atoms with Crippen molar-refractivity contribution < 1.29 is 24.2 Å². The van der Waals surface area contributed by atoms with E-state index in [9.17, 15) is 14.7 Å². The number of rotatable bonds is 8. The third-order valence-corrected chi connectivity index (χ3v) is 6.26. The molecule has 1 unspecified atom stereocenters. The number of aliphatic hydroxyl groups is 1. The summed E-state index contributed by atoms with van der Waals surface area (Å²) in [5.74, 6) is -0.225. The van der Waals surface area contributed by atoms with E-state index < -0.39 is 17.7 Å². The van der Waals surface area contributed by atoms with E-state index >= 15 is 0 Å². The summed E-state index contributed by atoms with van der Waals surface area (Å²) >= 11 is 0. The highest BCUT2D eigenvalue weighted by Crippen LogP contribution is 2.43. The van der Waals surface area contributed by atoms with Gasteiger partial charge in [0.15, 0.2) is 0 Å². The van der Waals surface area contributed by atoms with Crippen LogP contribution < -0.4 is 14.4 Å². The molecule has 0 aromatic heterocycles. The van der Waals surface area contributed by atoms with Crippen LogP contribution in [0.2, 0.25) is 0 Å². The van der Waals surface area contributed by atoms with Gasteiger partial charge in [0.25, 0.3) is 11.7 Å². The number of ether oxygens (including phenoxy) is 2. The molecule has 1 heterocycles. The minimum atomic E-state index is -0.777. The summed E-state index contributed by atoms with van der Waals surface area (Å²) in [4.78, 5) is 28.2. The first-order valence-corrected chi connectivity index (χ1v) is 12.2. The number of benzene rings is 3. The van der Waals surface area contributed by atoms with Crippen molar-refractivity contribution in [1.82, 2.24) is 0 Å². The number of amides is 1. The Kier molecular flexibility index (Phi) is 7.44. The maximum absolute atomic E-state index is 13.4. The molecule has 1 saturated heterocycles. The summed E-state index contributed by atoms with van der Waals surface area (Å²) in [6, 6.07) is 19.1. The molecule has 1 fully saturated rings. The fourth-order valence-corrected chi connectivity index (χ4v) is 4.48. The van der Waals surface area contributed by atoms with Crippen LogP contribution in [-0.2, 0) is 9.59 Å². The molecule has 1 N–H and O–H groups in total. The van der Waals surface area contributed by atoms with E-state index in [1.807, 2.05) is 52.0 Å². The second kappa shape index (κ2) is 10.7. The van der Waals surface area contributed by atoms with Gasteiger partial charge in [-0.2, -0.15) is 0 Å². The maximum atomic E-state index is 13.4. The number of aryl methyl sites for hydroxylation is 2. The lowest BCUT2D eigenvalue weighted by atomic mass is 9.92. The monoisotopic (exact) mass is 485 g/mol. The summed E-state index contributed by atoms with van der Waals surface area (Å²) in [6.45, 7) is 8.86. The minimum Gasteiger partial charge on any atom is -0.507 e. The average Bonchev–Trinajstić information content (AvgIpc) is 3.14. The molecule has 6 nitrogen and oxygen atoms in total. The van der Waals surface area contributed by atoms with E-state index in [1.165, 1.54) is 4.90 Å². The zero-order chi connectivity index (χ0) is 25.8. The fourth-order valence-electron chi connectivity index (χ4n) is 4.48. The van der Waals surface area contributed by atoms with Crippen molar-refractivity contribution >= 4 is 23.1 Å². The Morgan fingerprint density at radius 1 is 0.917 bits per heavy atom. The van der Waals surface area contributed by atoms with Gasteiger partial charge in [0, 0.05) is 11.3 Å². The Balaban J connectivity index is 1.86. The molecule has 3 aromatic rings. The quantitative estimate of drug-likeness (QED) is 0.236. The highest BCUT2D eigenvalue weighted by molar-refractivity contribution is 6.51. The molecule has 1 atom stereocenters. The van der Waals surface area contributed by atoms with E-state index in [4.69, 9.17) is 9.47 Å². The van der Waals surface area contributed by atoms with Gasteiger partial charge < -0.3 is 14.6 Å². The minimum absolute atomic E-state index is 0.0600. The van der Waals surface area contributed by atoms with Crippen molar-refractivity contribution in [3.63, 3.8) is 0 Å². The molecular weight excluding hydrogens is 454 g/mol. The number of anilines is 1. The number of hydrogen-bond donors (Lipinski definition) is 1. The standard InChI is InChI=1S/C30H31NO5/c1-5-17-36-25-16-11-21(18-20(25)4)28(32)26-27(24-10-8-7-9-19(24)3)31(30(34)29(26)33)22-12-14-23(15-13-22)35-6-2/h7-16,18,27,32H,5-6,17H2,1-4H3/b28-26+. The van der Waals surface area contributed by atoms with Crippen LogP contribution in [0.4, 0.5) is 5.69 Å². The summed E-state index contributed by atoms with van der Waals surface area (Å²) in [7, 11) is 0. The van der Waals surface area contributed by atoms with Crippen LogP contribution in [0.15, 0.2) is 72.3 Å². The van der Waals surface area contributed by atoms with Crippen molar-refractivity contribution in [3.8, 4) is 11.5 Å². The molecule has 186 valence electrons. The van der Waals surface area contributed by atoms with E-state index in [-0.39, 0.29) is 11.3 Å². The van der Waals surface area contributed by atoms with E-state index in [2.05, 4.69) is 0 Å². The van der Waals surface area contributed by atoms with Crippen molar-refractivity contribution in [3.05, 3.63) is 94.6 Å². The molecule has 3 aromatic carbocycles. The van der Waals surface area contributed by atoms with Gasteiger partial charge in [-0.3, -0.25) is 14.5 Å². The van der Waals surface area contributed by atoms with Crippen molar-refractivity contribution in [1.29, 1.82) is 0 Å². The van der Waals surface area contributed by atoms with E-state index in [1.54, 1.807) is 42.5 Å². The Morgan fingerprint density at radius 2 is 1.64 bits per heavy atom. The highest BCUT2D eigenvalue weighted by Gasteiger charge is 2.47. The Morgan fingerprint density at radius 3 is 2.28 bits per heavy atom. The zero-order valence-electron chi connectivity index (χ0n) is 21.1. The number of carbonyl (C=O) groups excluding carboxylic acids is 2. The number of aliphatic hydroxyl groups excluding tert-OH is 1. The van der Waals surface area contributed by atoms with Gasteiger partial charge in [-0.1, -0.05) is 31.2 Å². The molecule has 0 radical (unpaired) electrons. The first kappa shape index (κ1) is 25.0. The van der Waals surface area contributed by atoms with Gasteiger partial charge in [-0.05, 0) is 86.3 Å². The lowest BCUT2D eigenvalue weighted by Crippen LogP contribution is -2.29. The molecule has 6 heteroatoms. The summed E-state index contributed by atoms with van der Waals surface area (Å²) in [5, 5.41) is 11.4. The van der Waals surface area contributed by atoms with Gasteiger partial charge in [-0.25, -0.2) is 0 Å². The van der Waals surface area contributed by atoms with Crippen LogP contribution in [0.3, 0.4) is 0 Å². The third kappa shape index (κ3) is 4.71. The van der Waals surface area contributed by atoms with Gasteiger partial charge in [-0.15, -0.1) is 0 Å². The van der Waals surface area contributed by atoms with Crippen LogP contribution in [0, 0.1) is 13.8 Å².